The van der Waals surface area contributed by atoms with Crippen LogP contribution in [0.4, 0.5) is 0 Å². The number of aliphatic carboxylic acids is 1. The summed E-state index contributed by atoms with van der Waals surface area (Å²) in [4.78, 5) is 21.7. The number of carboxylic acids is 1. The van der Waals surface area contributed by atoms with Crippen LogP contribution in [-0.4, -0.2) is 23.0 Å². The van der Waals surface area contributed by atoms with Gasteiger partial charge in [0.05, 0.1) is 0 Å². The summed E-state index contributed by atoms with van der Waals surface area (Å²) in [6, 6.07) is -0.803. The molecule has 4 nitrogen and oxygen atoms in total. The van der Waals surface area contributed by atoms with Gasteiger partial charge in [-0.25, -0.2) is 0 Å². The molecule has 0 saturated heterocycles. The van der Waals surface area contributed by atoms with Crippen LogP contribution >= 0.6 is 0 Å². The van der Waals surface area contributed by atoms with E-state index in [-0.39, 0.29) is 11.3 Å². The fraction of sp³-hybridized carbons (Fsp3) is 0.800. The molecule has 0 bridgehead atoms. The van der Waals surface area contributed by atoms with Crippen molar-refractivity contribution < 1.29 is 14.7 Å². The number of hydrogen-bond acceptors (Lipinski definition) is 2. The van der Waals surface area contributed by atoms with E-state index in [4.69, 9.17) is 5.11 Å². The van der Waals surface area contributed by atoms with E-state index in [1.54, 1.807) is 0 Å². The highest BCUT2D eigenvalue weighted by Crippen LogP contribution is 2.20. The third-order valence-corrected chi connectivity index (χ3v) is 1.85. The fourth-order valence-corrected chi connectivity index (χ4v) is 0.864. The molecular weight excluding hydrogens is 182 g/mol. The standard InChI is InChI=1S/C10H19NO3/c1-7(9(13)14)11-8(12)5-6-10(2,3)4/h7H,5-6H2,1-4H3,(H,11,12)(H,13,14)/t7-/m1/s1. The summed E-state index contributed by atoms with van der Waals surface area (Å²) in [5.41, 5.74) is 0.101. The lowest BCUT2D eigenvalue weighted by atomic mass is 9.90. The maximum Gasteiger partial charge on any atom is 0.325 e. The van der Waals surface area contributed by atoms with Gasteiger partial charge < -0.3 is 10.4 Å². The van der Waals surface area contributed by atoms with Crippen LogP contribution in [0, 0.1) is 5.41 Å². The van der Waals surface area contributed by atoms with Gasteiger partial charge in [0.25, 0.3) is 0 Å². The van der Waals surface area contributed by atoms with Crippen LogP contribution in [0.15, 0.2) is 0 Å². The van der Waals surface area contributed by atoms with Crippen LogP contribution in [0.5, 0.6) is 0 Å². The first-order chi connectivity index (χ1) is 6.22. The van der Waals surface area contributed by atoms with Gasteiger partial charge >= 0.3 is 5.97 Å². The third-order valence-electron chi connectivity index (χ3n) is 1.85. The molecule has 1 amide bonds. The Hall–Kier alpha value is -1.06. The molecule has 0 radical (unpaired) electrons. The van der Waals surface area contributed by atoms with Gasteiger partial charge in [0, 0.05) is 6.42 Å². The Bertz CT molecular complexity index is 218. The van der Waals surface area contributed by atoms with Gasteiger partial charge in [0.2, 0.25) is 5.91 Å². The van der Waals surface area contributed by atoms with E-state index in [1.165, 1.54) is 6.92 Å². The minimum atomic E-state index is -1.01. The van der Waals surface area contributed by atoms with Crippen molar-refractivity contribution in [3.8, 4) is 0 Å². The van der Waals surface area contributed by atoms with Crippen molar-refractivity contribution in [1.82, 2.24) is 5.32 Å². The van der Waals surface area contributed by atoms with Crippen molar-refractivity contribution in [2.75, 3.05) is 0 Å². The van der Waals surface area contributed by atoms with E-state index in [9.17, 15) is 9.59 Å². The summed E-state index contributed by atoms with van der Waals surface area (Å²) < 4.78 is 0. The summed E-state index contributed by atoms with van der Waals surface area (Å²) >= 11 is 0. The van der Waals surface area contributed by atoms with Gasteiger partial charge in [-0.1, -0.05) is 20.8 Å². The quantitative estimate of drug-likeness (QED) is 0.722. The van der Waals surface area contributed by atoms with E-state index >= 15 is 0 Å². The molecule has 0 aliphatic rings. The lowest BCUT2D eigenvalue weighted by Crippen LogP contribution is -2.38. The van der Waals surface area contributed by atoms with Crippen LogP contribution in [-0.2, 0) is 9.59 Å². The highest BCUT2D eigenvalue weighted by molar-refractivity contribution is 5.83. The molecule has 0 unspecified atom stereocenters. The van der Waals surface area contributed by atoms with E-state index in [0.717, 1.165) is 6.42 Å². The van der Waals surface area contributed by atoms with Crippen molar-refractivity contribution in [1.29, 1.82) is 0 Å². The van der Waals surface area contributed by atoms with Crippen molar-refractivity contribution in [2.45, 2.75) is 46.6 Å². The van der Waals surface area contributed by atoms with Crippen LogP contribution in [0.2, 0.25) is 0 Å². The van der Waals surface area contributed by atoms with Gasteiger partial charge in [-0.15, -0.1) is 0 Å². The second-order valence-electron chi connectivity index (χ2n) is 4.69. The highest BCUT2D eigenvalue weighted by Gasteiger charge is 2.16. The molecule has 0 aromatic heterocycles. The van der Waals surface area contributed by atoms with Crippen molar-refractivity contribution >= 4 is 11.9 Å². The number of rotatable bonds is 4. The van der Waals surface area contributed by atoms with Gasteiger partial charge in [0.15, 0.2) is 0 Å². The number of carboxylic acid groups (broad SMARTS) is 1. The summed E-state index contributed by atoms with van der Waals surface area (Å²) in [6.45, 7) is 7.58. The number of carbonyl (C=O) groups is 2. The SMILES string of the molecule is C[C@@H](NC(=O)CCC(C)(C)C)C(=O)O. The summed E-state index contributed by atoms with van der Waals surface area (Å²) in [7, 11) is 0. The minimum Gasteiger partial charge on any atom is -0.480 e. The Labute approximate surface area is 84.7 Å². The molecule has 0 heterocycles. The number of nitrogens with one attached hydrogen (secondary N) is 1. The number of amides is 1. The summed E-state index contributed by atoms with van der Waals surface area (Å²) in [5.74, 6) is -1.20. The molecule has 4 heteroatoms. The summed E-state index contributed by atoms with van der Waals surface area (Å²) in [6.07, 6.45) is 1.13. The maximum atomic E-state index is 11.2. The summed E-state index contributed by atoms with van der Waals surface area (Å²) in [5, 5.41) is 11.0. The molecule has 0 aromatic rings. The molecule has 0 aromatic carbocycles. The molecule has 0 aliphatic carbocycles. The first kappa shape index (κ1) is 12.9. The smallest absolute Gasteiger partial charge is 0.325 e. The number of hydrogen-bond donors (Lipinski definition) is 2. The molecule has 14 heavy (non-hydrogen) atoms. The Morgan fingerprint density at radius 3 is 2.21 bits per heavy atom. The van der Waals surface area contributed by atoms with E-state index in [1.807, 2.05) is 20.8 Å². The Kier molecular flexibility index (Phi) is 4.60. The van der Waals surface area contributed by atoms with Gasteiger partial charge in [-0.3, -0.25) is 9.59 Å². The van der Waals surface area contributed by atoms with Gasteiger partial charge in [-0.2, -0.15) is 0 Å². The Morgan fingerprint density at radius 2 is 1.86 bits per heavy atom. The van der Waals surface area contributed by atoms with Crippen molar-refractivity contribution in [2.24, 2.45) is 5.41 Å². The average Bonchev–Trinajstić information content (AvgIpc) is 1.99. The highest BCUT2D eigenvalue weighted by atomic mass is 16.4. The molecule has 0 saturated carbocycles. The molecule has 1 atom stereocenters. The Balaban J connectivity index is 3.83. The molecule has 0 fully saturated rings. The zero-order valence-electron chi connectivity index (χ0n) is 9.26. The first-order valence-corrected chi connectivity index (χ1v) is 4.74. The topological polar surface area (TPSA) is 66.4 Å². The molecule has 0 rings (SSSR count). The largest absolute Gasteiger partial charge is 0.480 e. The molecular formula is C10H19NO3. The minimum absolute atomic E-state index is 0.101. The van der Waals surface area contributed by atoms with Gasteiger partial charge in [0.1, 0.15) is 6.04 Å². The Morgan fingerprint density at radius 1 is 1.36 bits per heavy atom. The normalized spacial score (nSPS) is 13.4. The van der Waals surface area contributed by atoms with E-state index in [0.29, 0.717) is 6.42 Å². The fourth-order valence-electron chi connectivity index (χ4n) is 0.864. The molecule has 82 valence electrons. The maximum absolute atomic E-state index is 11.2. The third kappa shape index (κ3) is 6.46. The van der Waals surface area contributed by atoms with Crippen LogP contribution in [0.3, 0.4) is 0 Å². The second kappa shape index (κ2) is 4.98. The van der Waals surface area contributed by atoms with E-state index in [2.05, 4.69) is 5.32 Å². The van der Waals surface area contributed by atoms with Crippen LogP contribution in [0.1, 0.15) is 40.5 Å². The zero-order chi connectivity index (χ0) is 11.4. The first-order valence-electron chi connectivity index (χ1n) is 4.74. The van der Waals surface area contributed by atoms with Crippen LogP contribution < -0.4 is 5.32 Å². The molecule has 0 aliphatic heterocycles. The monoisotopic (exact) mass is 201 g/mol. The van der Waals surface area contributed by atoms with Crippen LogP contribution in [0.25, 0.3) is 0 Å². The zero-order valence-corrected chi connectivity index (χ0v) is 9.26. The number of carbonyl (C=O) groups excluding carboxylic acids is 1. The average molecular weight is 201 g/mol. The molecule has 0 spiro atoms. The predicted molar refractivity (Wildman–Crippen MR) is 53.9 cm³/mol. The second-order valence-corrected chi connectivity index (χ2v) is 4.69. The lowest BCUT2D eigenvalue weighted by molar-refractivity contribution is -0.141. The van der Waals surface area contributed by atoms with Crippen molar-refractivity contribution in [3.05, 3.63) is 0 Å². The van der Waals surface area contributed by atoms with Crippen molar-refractivity contribution in [3.63, 3.8) is 0 Å². The van der Waals surface area contributed by atoms with E-state index < -0.39 is 12.0 Å². The predicted octanol–water partition coefficient (Wildman–Crippen LogP) is 1.40. The lowest BCUT2D eigenvalue weighted by Gasteiger charge is -2.17. The van der Waals surface area contributed by atoms with Gasteiger partial charge in [-0.05, 0) is 18.8 Å². The molecule has 2 N–H and O–H groups in total.